The monoisotopic (exact) mass is 307 g/mol. The van der Waals surface area contributed by atoms with Gasteiger partial charge in [-0.3, -0.25) is 0 Å². The molecular weight excluding hydrogens is 290 g/mol. The molecule has 1 aromatic rings. The molecule has 0 aliphatic heterocycles. The fourth-order valence-electron chi connectivity index (χ4n) is 2.08. The lowest BCUT2D eigenvalue weighted by atomic mass is 9.97. The number of nitrogens with one attached hydrogen (secondary N) is 1. The lowest BCUT2D eigenvalue weighted by Crippen LogP contribution is -2.18. The first-order chi connectivity index (χ1) is 9.26. The van der Waals surface area contributed by atoms with Gasteiger partial charge >= 0.3 is 6.18 Å². The van der Waals surface area contributed by atoms with E-state index in [1.165, 1.54) is 0 Å². The number of benzene rings is 1. The first-order valence-corrected chi connectivity index (χ1v) is 6.94. The zero-order valence-corrected chi connectivity index (χ0v) is 12.4. The van der Waals surface area contributed by atoms with Crippen LogP contribution in [-0.4, -0.2) is 6.18 Å². The van der Waals surface area contributed by atoms with Gasteiger partial charge in [0.1, 0.15) is 5.70 Å². The Morgan fingerprint density at radius 3 is 2.30 bits per heavy atom. The summed E-state index contributed by atoms with van der Waals surface area (Å²) < 4.78 is 50.8. The summed E-state index contributed by atoms with van der Waals surface area (Å²) in [5.74, 6) is 0. The Balaban J connectivity index is 3.35. The van der Waals surface area contributed by atoms with E-state index >= 15 is 0 Å². The van der Waals surface area contributed by atoms with E-state index in [1.807, 2.05) is 20.8 Å². The molecule has 0 saturated carbocycles. The number of hydrogen-bond acceptors (Lipinski definition) is 2. The smallest absolute Gasteiger partial charge is 0.351 e. The van der Waals surface area contributed by atoms with E-state index in [2.05, 4.69) is 11.9 Å². The Morgan fingerprint density at radius 2 is 1.90 bits per heavy atom. The molecule has 0 bridgehead atoms. The van der Waals surface area contributed by atoms with E-state index in [4.69, 9.17) is 0 Å². The van der Waals surface area contributed by atoms with E-state index in [9.17, 15) is 17.1 Å². The van der Waals surface area contributed by atoms with Crippen molar-refractivity contribution in [3.63, 3.8) is 0 Å². The average molecular weight is 307 g/mol. The SMILES string of the molecule is C=C(Nc1cc(CC)c(C)c(CC)c1SF)C(F)(F)F. The molecular formula is C14H17F4NS. The number of hydrogen-bond donors (Lipinski definition) is 1. The Hall–Kier alpha value is -1.17. The Bertz CT molecular complexity index is 509. The fraction of sp³-hybridized carbons (Fsp3) is 0.429. The molecule has 1 nitrogen and oxygen atoms in total. The molecule has 0 fully saturated rings. The van der Waals surface area contributed by atoms with Gasteiger partial charge in [-0.2, -0.15) is 17.1 Å². The molecule has 20 heavy (non-hydrogen) atoms. The quantitative estimate of drug-likeness (QED) is 0.712. The zero-order valence-electron chi connectivity index (χ0n) is 11.6. The lowest BCUT2D eigenvalue weighted by Gasteiger charge is -2.20. The minimum Gasteiger partial charge on any atom is -0.351 e. The van der Waals surface area contributed by atoms with E-state index in [1.54, 1.807) is 6.07 Å². The van der Waals surface area contributed by atoms with Crippen LogP contribution in [0.5, 0.6) is 0 Å². The van der Waals surface area contributed by atoms with E-state index in [0.717, 1.165) is 16.7 Å². The second-order valence-electron chi connectivity index (χ2n) is 4.40. The topological polar surface area (TPSA) is 12.0 Å². The minimum atomic E-state index is -4.55. The molecule has 0 saturated heterocycles. The molecule has 0 radical (unpaired) electrons. The second kappa shape index (κ2) is 6.52. The van der Waals surface area contributed by atoms with Gasteiger partial charge in [0.25, 0.3) is 0 Å². The number of halogens is 4. The molecule has 6 heteroatoms. The third-order valence-corrected chi connectivity index (χ3v) is 3.83. The Kier molecular flexibility index (Phi) is 5.50. The molecule has 0 atom stereocenters. The zero-order chi connectivity index (χ0) is 15.5. The summed E-state index contributed by atoms with van der Waals surface area (Å²) in [5.41, 5.74) is 1.59. The Morgan fingerprint density at radius 1 is 1.30 bits per heavy atom. The third-order valence-electron chi connectivity index (χ3n) is 3.21. The third kappa shape index (κ3) is 3.48. The predicted octanol–water partition coefficient (Wildman–Crippen LogP) is 5.58. The summed E-state index contributed by atoms with van der Waals surface area (Å²) in [4.78, 5) is 0.201. The highest BCUT2D eigenvalue weighted by Gasteiger charge is 2.33. The summed E-state index contributed by atoms with van der Waals surface area (Å²) >= 11 is -0.0384. The van der Waals surface area contributed by atoms with Crippen LogP contribution < -0.4 is 5.32 Å². The second-order valence-corrected chi connectivity index (χ2v) is 4.96. The van der Waals surface area contributed by atoms with Crippen molar-refractivity contribution in [3.05, 3.63) is 35.0 Å². The normalized spacial score (nSPS) is 11.6. The maximum absolute atomic E-state index is 13.2. The van der Waals surface area contributed by atoms with Gasteiger partial charge in [0.05, 0.1) is 22.7 Å². The number of rotatable bonds is 5. The first-order valence-electron chi connectivity index (χ1n) is 6.23. The maximum atomic E-state index is 13.2. The van der Waals surface area contributed by atoms with Gasteiger partial charge in [-0.15, -0.1) is 0 Å². The molecule has 1 N–H and O–H groups in total. The van der Waals surface area contributed by atoms with Crippen molar-refractivity contribution in [3.8, 4) is 0 Å². The van der Waals surface area contributed by atoms with Crippen LogP contribution in [0.15, 0.2) is 23.2 Å². The predicted molar refractivity (Wildman–Crippen MR) is 75.7 cm³/mol. The summed E-state index contributed by atoms with van der Waals surface area (Å²) in [5, 5.41) is 2.20. The van der Waals surface area contributed by atoms with Crippen molar-refractivity contribution in [2.24, 2.45) is 0 Å². The molecule has 0 heterocycles. The summed E-state index contributed by atoms with van der Waals surface area (Å²) in [6.45, 7) is 8.58. The van der Waals surface area contributed by atoms with Gasteiger partial charge in [0, 0.05) is 0 Å². The van der Waals surface area contributed by atoms with Crippen molar-refractivity contribution in [2.45, 2.75) is 44.7 Å². The lowest BCUT2D eigenvalue weighted by molar-refractivity contribution is -0.0898. The number of anilines is 1. The van der Waals surface area contributed by atoms with E-state index in [-0.39, 0.29) is 22.7 Å². The molecule has 1 aromatic carbocycles. The fourth-order valence-corrected chi connectivity index (χ4v) is 2.67. The maximum Gasteiger partial charge on any atom is 0.430 e. The van der Waals surface area contributed by atoms with Crippen LogP contribution >= 0.6 is 12.1 Å². The molecule has 0 aliphatic rings. The van der Waals surface area contributed by atoms with Crippen LogP contribution in [0, 0.1) is 6.92 Å². The molecule has 0 spiro atoms. The molecule has 112 valence electrons. The van der Waals surface area contributed by atoms with Crippen LogP contribution in [0.2, 0.25) is 0 Å². The number of alkyl halides is 3. The van der Waals surface area contributed by atoms with Gasteiger partial charge < -0.3 is 5.32 Å². The highest BCUT2D eigenvalue weighted by Crippen LogP contribution is 2.38. The first kappa shape index (κ1) is 16.9. The van der Waals surface area contributed by atoms with Gasteiger partial charge in [-0.05, 0) is 42.5 Å². The van der Waals surface area contributed by atoms with Crippen LogP contribution in [-0.2, 0) is 12.8 Å². The molecule has 0 amide bonds. The molecule has 0 aliphatic carbocycles. The van der Waals surface area contributed by atoms with Gasteiger partial charge in [-0.1, -0.05) is 20.4 Å². The number of allylic oxidation sites excluding steroid dienone is 1. The van der Waals surface area contributed by atoms with Crippen molar-refractivity contribution in [1.29, 1.82) is 0 Å². The van der Waals surface area contributed by atoms with Crippen LogP contribution in [0.25, 0.3) is 0 Å². The van der Waals surface area contributed by atoms with Crippen molar-refractivity contribution >= 4 is 17.8 Å². The number of aryl methyl sites for hydroxylation is 1. The van der Waals surface area contributed by atoms with Crippen LogP contribution in [0.3, 0.4) is 0 Å². The summed E-state index contributed by atoms with van der Waals surface area (Å²) in [6, 6.07) is 1.56. The minimum absolute atomic E-state index is 0.0384. The average Bonchev–Trinajstić information content (AvgIpc) is 2.38. The Labute approximate surface area is 120 Å². The largest absolute Gasteiger partial charge is 0.430 e. The summed E-state index contributed by atoms with van der Waals surface area (Å²) in [6.07, 6.45) is -3.33. The van der Waals surface area contributed by atoms with Gasteiger partial charge in [0.2, 0.25) is 0 Å². The van der Waals surface area contributed by atoms with Crippen LogP contribution in [0.1, 0.15) is 30.5 Å². The van der Waals surface area contributed by atoms with E-state index in [0.29, 0.717) is 12.8 Å². The van der Waals surface area contributed by atoms with Crippen molar-refractivity contribution < 1.29 is 17.1 Å². The standard InChI is InChI=1S/C14H17F4NS/c1-5-10-7-12(19-9(4)14(15,16)17)13(20-18)11(6-2)8(10)3/h7,19H,4-6H2,1-3H3. The summed E-state index contributed by atoms with van der Waals surface area (Å²) in [7, 11) is 0. The van der Waals surface area contributed by atoms with Crippen molar-refractivity contribution in [2.75, 3.05) is 5.32 Å². The highest BCUT2D eigenvalue weighted by atomic mass is 32.2. The molecule has 1 rings (SSSR count). The van der Waals surface area contributed by atoms with Gasteiger partial charge in [0.15, 0.2) is 0 Å². The molecule has 0 aromatic heterocycles. The molecule has 0 unspecified atom stereocenters. The van der Waals surface area contributed by atoms with Crippen LogP contribution in [0.4, 0.5) is 22.7 Å². The van der Waals surface area contributed by atoms with Crippen molar-refractivity contribution in [1.82, 2.24) is 0 Å². The van der Waals surface area contributed by atoms with Gasteiger partial charge in [-0.25, -0.2) is 0 Å². The van der Waals surface area contributed by atoms with E-state index < -0.39 is 11.9 Å². The highest BCUT2D eigenvalue weighted by molar-refractivity contribution is 7.94.